The zero-order chi connectivity index (χ0) is 23.4. The number of hydrogen-bond donors (Lipinski definition) is 0. The molecule has 0 saturated carbocycles. The molecular weight excluding hydrogens is 440 g/mol. The summed E-state index contributed by atoms with van der Waals surface area (Å²) >= 11 is 1.09. The predicted molar refractivity (Wildman–Crippen MR) is 119 cm³/mol. The molecule has 0 radical (unpaired) electrons. The van der Waals surface area contributed by atoms with Gasteiger partial charge in [0.05, 0.1) is 29.4 Å². The number of Topliss-reactive ketones (excluding diaryl/α,β-unsaturated/α-hetero) is 1. The Morgan fingerprint density at radius 2 is 1.91 bits per heavy atom. The SMILES string of the molecule is COc1ccc(-c2cc(-c3ccccc3)nc(SCC(=O)c3c([O-])on[n+]3C)c2C#N)cc1. The van der Waals surface area contributed by atoms with Gasteiger partial charge in [-0.1, -0.05) is 58.9 Å². The molecule has 0 aliphatic carbocycles. The molecular formula is C24H18N4O4S. The first-order valence-corrected chi connectivity index (χ1v) is 10.8. The topological polar surface area (TPSA) is 116 Å². The van der Waals surface area contributed by atoms with Crippen molar-refractivity contribution in [2.75, 3.05) is 12.9 Å². The van der Waals surface area contributed by atoms with Crippen LogP contribution in [0.1, 0.15) is 16.1 Å². The number of hydrogen-bond acceptors (Lipinski definition) is 8. The van der Waals surface area contributed by atoms with Gasteiger partial charge in [0.2, 0.25) is 5.78 Å². The summed E-state index contributed by atoms with van der Waals surface area (Å²) in [7, 11) is 3.05. The lowest BCUT2D eigenvalue weighted by atomic mass is 9.99. The fourth-order valence-corrected chi connectivity index (χ4v) is 4.17. The summed E-state index contributed by atoms with van der Waals surface area (Å²) in [4.78, 5) is 17.3. The highest BCUT2D eigenvalue weighted by atomic mass is 32.2. The van der Waals surface area contributed by atoms with Crippen LogP contribution in [0.2, 0.25) is 0 Å². The molecule has 0 amide bonds. The number of carbonyl (C=O) groups is 1. The van der Waals surface area contributed by atoms with Gasteiger partial charge in [-0.25, -0.2) is 4.98 Å². The average Bonchev–Trinajstić information content (AvgIpc) is 3.20. The van der Waals surface area contributed by atoms with Crippen LogP contribution in [-0.4, -0.2) is 28.9 Å². The smallest absolute Gasteiger partial charge is 0.300 e. The quantitative estimate of drug-likeness (QED) is 0.236. The first-order chi connectivity index (χ1) is 16.0. The zero-order valence-corrected chi connectivity index (χ0v) is 18.6. The molecule has 0 spiro atoms. The van der Waals surface area contributed by atoms with Gasteiger partial charge in [-0.2, -0.15) is 5.26 Å². The van der Waals surface area contributed by atoms with E-state index >= 15 is 0 Å². The molecule has 0 aliphatic heterocycles. The van der Waals surface area contributed by atoms with Crippen LogP contribution >= 0.6 is 11.8 Å². The first kappa shape index (κ1) is 22.0. The third-order valence-corrected chi connectivity index (χ3v) is 5.91. The van der Waals surface area contributed by atoms with Crippen molar-refractivity contribution >= 4 is 17.5 Å². The van der Waals surface area contributed by atoms with Gasteiger partial charge >= 0.3 is 0 Å². The minimum atomic E-state index is -0.798. The second kappa shape index (κ2) is 9.54. The summed E-state index contributed by atoms with van der Waals surface area (Å²) in [5, 5.41) is 25.6. The summed E-state index contributed by atoms with van der Waals surface area (Å²) in [6, 6.07) is 21.0. The Morgan fingerprint density at radius 3 is 2.52 bits per heavy atom. The molecule has 33 heavy (non-hydrogen) atoms. The number of nitriles is 1. The normalized spacial score (nSPS) is 10.6. The third-order valence-electron chi connectivity index (χ3n) is 4.94. The number of methoxy groups -OCH3 is 1. The van der Waals surface area contributed by atoms with Gasteiger partial charge < -0.3 is 14.4 Å². The van der Waals surface area contributed by atoms with Gasteiger partial charge in [-0.3, -0.25) is 4.79 Å². The van der Waals surface area contributed by atoms with E-state index in [1.807, 2.05) is 60.7 Å². The number of aryl methyl sites for hydroxylation is 1. The lowest BCUT2D eigenvalue weighted by Gasteiger charge is -2.12. The molecule has 0 atom stereocenters. The molecule has 9 heteroatoms. The maximum Gasteiger partial charge on any atom is 0.300 e. The Balaban J connectivity index is 1.77. The first-order valence-electron chi connectivity index (χ1n) is 9.85. The molecule has 4 aromatic rings. The van der Waals surface area contributed by atoms with Gasteiger partial charge in [-0.05, 0) is 23.8 Å². The maximum absolute atomic E-state index is 12.6. The van der Waals surface area contributed by atoms with E-state index in [4.69, 9.17) is 4.74 Å². The van der Waals surface area contributed by atoms with Crippen molar-refractivity contribution in [3.63, 3.8) is 0 Å². The van der Waals surface area contributed by atoms with Crippen molar-refractivity contribution in [1.29, 1.82) is 5.26 Å². The van der Waals surface area contributed by atoms with E-state index in [1.165, 1.54) is 7.05 Å². The number of rotatable bonds is 7. The number of carbonyl (C=O) groups excluding carboxylic acids is 1. The molecule has 2 aromatic carbocycles. The molecule has 2 aromatic heterocycles. The Labute approximate surface area is 194 Å². The summed E-state index contributed by atoms with van der Waals surface area (Å²) in [5.41, 5.74) is 3.22. The number of thioether (sulfide) groups is 1. The number of ether oxygens (including phenoxy) is 1. The number of aromatic nitrogens is 3. The van der Waals surface area contributed by atoms with Crippen molar-refractivity contribution in [2.45, 2.75) is 5.03 Å². The molecule has 0 fully saturated rings. The highest BCUT2D eigenvalue weighted by Gasteiger charge is 2.24. The van der Waals surface area contributed by atoms with Crippen LogP contribution in [-0.2, 0) is 7.05 Å². The second-order valence-corrected chi connectivity index (χ2v) is 7.95. The lowest BCUT2D eigenvalue weighted by molar-refractivity contribution is -0.741. The largest absolute Gasteiger partial charge is 0.539 e. The summed E-state index contributed by atoms with van der Waals surface area (Å²) in [5.74, 6) is -0.666. The monoisotopic (exact) mass is 458 g/mol. The van der Waals surface area contributed by atoms with Crippen molar-refractivity contribution in [3.05, 3.63) is 71.9 Å². The minimum absolute atomic E-state index is 0.105. The number of pyridine rings is 1. The van der Waals surface area contributed by atoms with E-state index in [0.29, 0.717) is 27.6 Å². The van der Waals surface area contributed by atoms with Gasteiger partial charge in [0.1, 0.15) is 16.8 Å². The Morgan fingerprint density at radius 1 is 1.18 bits per heavy atom. The Hall–Kier alpha value is -4.16. The van der Waals surface area contributed by atoms with E-state index in [0.717, 1.165) is 27.6 Å². The fraction of sp³-hybridized carbons (Fsp3) is 0.125. The van der Waals surface area contributed by atoms with Crippen molar-refractivity contribution in [2.24, 2.45) is 7.05 Å². The molecule has 8 nitrogen and oxygen atoms in total. The molecule has 0 aliphatic rings. The van der Waals surface area contributed by atoms with Crippen molar-refractivity contribution < 1.29 is 23.8 Å². The third kappa shape index (κ3) is 4.56. The van der Waals surface area contributed by atoms with Crippen molar-refractivity contribution in [3.8, 4) is 40.1 Å². The molecule has 164 valence electrons. The Kier molecular flexibility index (Phi) is 6.38. The van der Waals surface area contributed by atoms with Gasteiger partial charge in [-0.15, -0.1) is 0 Å². The van der Waals surface area contributed by atoms with Crippen LogP contribution in [0.5, 0.6) is 11.7 Å². The summed E-state index contributed by atoms with van der Waals surface area (Å²) in [6.45, 7) is 0. The van der Waals surface area contributed by atoms with Crippen LogP contribution < -0.4 is 14.5 Å². The predicted octanol–water partition coefficient (Wildman–Crippen LogP) is 3.16. The van der Waals surface area contributed by atoms with E-state index in [-0.39, 0.29) is 11.4 Å². The van der Waals surface area contributed by atoms with Crippen LogP contribution in [0.15, 0.2) is 70.2 Å². The standard InChI is InChI=1S/C24H18N4O4S/c1-28-22(24(30)32-27-28)21(29)14-33-23-19(13-25)18(15-8-10-17(31-2)11-9-15)12-20(26-23)16-6-4-3-5-7-16/h3-12H,14H2,1-2H3. The van der Waals surface area contributed by atoms with Gasteiger partial charge in [0, 0.05) is 11.1 Å². The van der Waals surface area contributed by atoms with Gasteiger partial charge in [0.25, 0.3) is 5.69 Å². The fourth-order valence-electron chi connectivity index (χ4n) is 3.30. The molecule has 4 rings (SSSR count). The molecule has 0 unspecified atom stereocenters. The summed E-state index contributed by atoms with van der Waals surface area (Å²) in [6.07, 6.45) is 0. The number of benzene rings is 2. The maximum atomic E-state index is 12.6. The summed E-state index contributed by atoms with van der Waals surface area (Å²) < 4.78 is 10.9. The Bertz CT molecular complexity index is 1330. The molecule has 2 heterocycles. The van der Waals surface area contributed by atoms with E-state index < -0.39 is 11.7 Å². The zero-order valence-electron chi connectivity index (χ0n) is 17.8. The molecule has 0 saturated heterocycles. The number of nitrogens with zero attached hydrogens (tertiary/aromatic N) is 4. The van der Waals surface area contributed by atoms with Crippen molar-refractivity contribution in [1.82, 2.24) is 10.3 Å². The van der Waals surface area contributed by atoms with E-state index in [2.05, 4.69) is 20.8 Å². The molecule has 0 bridgehead atoms. The van der Waals surface area contributed by atoms with E-state index in [1.54, 1.807) is 7.11 Å². The highest BCUT2D eigenvalue weighted by Crippen LogP contribution is 2.35. The lowest BCUT2D eigenvalue weighted by Crippen LogP contribution is -2.37. The van der Waals surface area contributed by atoms with Crippen LogP contribution in [0.3, 0.4) is 0 Å². The van der Waals surface area contributed by atoms with Gasteiger partial charge in [0.15, 0.2) is 13.0 Å². The van der Waals surface area contributed by atoms with Crippen LogP contribution in [0, 0.1) is 11.3 Å². The second-order valence-electron chi connectivity index (χ2n) is 6.99. The van der Waals surface area contributed by atoms with E-state index in [9.17, 15) is 15.2 Å². The average molecular weight is 458 g/mol. The minimum Gasteiger partial charge on any atom is -0.539 e. The highest BCUT2D eigenvalue weighted by molar-refractivity contribution is 8.00. The van der Waals surface area contributed by atoms with Crippen LogP contribution in [0.4, 0.5) is 0 Å². The molecule has 0 N–H and O–H groups in total. The van der Waals surface area contributed by atoms with Crippen LogP contribution in [0.25, 0.3) is 22.4 Å². The number of ketones is 1.